The highest BCUT2D eigenvalue weighted by Crippen LogP contribution is 2.34. The second-order valence-electron chi connectivity index (χ2n) is 4.47. The molecule has 90 valence electrons. The van der Waals surface area contributed by atoms with Crippen molar-refractivity contribution in [2.75, 3.05) is 7.11 Å². The van der Waals surface area contributed by atoms with Crippen molar-refractivity contribution >= 4 is 0 Å². The highest BCUT2D eigenvalue weighted by Gasteiger charge is 2.16. The minimum absolute atomic E-state index is 0.168. The van der Waals surface area contributed by atoms with Crippen LogP contribution >= 0.6 is 0 Å². The SMILES string of the molecule is COc1cccc(O)c1[C@@H](N)CCC(C)C. The molecule has 16 heavy (non-hydrogen) atoms. The fourth-order valence-electron chi connectivity index (χ4n) is 1.74. The first-order valence-corrected chi connectivity index (χ1v) is 5.67. The van der Waals surface area contributed by atoms with E-state index in [2.05, 4.69) is 13.8 Å². The van der Waals surface area contributed by atoms with E-state index in [-0.39, 0.29) is 11.8 Å². The Kier molecular flexibility index (Phi) is 4.62. The second-order valence-corrected chi connectivity index (χ2v) is 4.47. The van der Waals surface area contributed by atoms with Gasteiger partial charge in [0, 0.05) is 6.04 Å². The third-order valence-electron chi connectivity index (χ3n) is 2.69. The van der Waals surface area contributed by atoms with Crippen molar-refractivity contribution < 1.29 is 9.84 Å². The normalized spacial score (nSPS) is 12.8. The van der Waals surface area contributed by atoms with Crippen LogP contribution in [0.5, 0.6) is 11.5 Å². The summed E-state index contributed by atoms with van der Waals surface area (Å²) in [5, 5.41) is 9.80. The molecule has 0 aliphatic heterocycles. The Balaban J connectivity index is 2.84. The smallest absolute Gasteiger partial charge is 0.127 e. The number of nitrogens with two attached hydrogens (primary N) is 1. The summed E-state index contributed by atoms with van der Waals surface area (Å²) < 4.78 is 5.21. The largest absolute Gasteiger partial charge is 0.507 e. The highest BCUT2D eigenvalue weighted by molar-refractivity contribution is 5.45. The Bertz CT molecular complexity index is 337. The van der Waals surface area contributed by atoms with Crippen molar-refractivity contribution in [1.82, 2.24) is 0 Å². The fourth-order valence-corrected chi connectivity index (χ4v) is 1.74. The molecule has 0 saturated heterocycles. The van der Waals surface area contributed by atoms with Gasteiger partial charge in [0.05, 0.1) is 12.7 Å². The molecule has 1 aromatic carbocycles. The molecule has 0 aromatic heterocycles. The van der Waals surface area contributed by atoms with Crippen molar-refractivity contribution in [1.29, 1.82) is 0 Å². The fraction of sp³-hybridized carbons (Fsp3) is 0.538. The van der Waals surface area contributed by atoms with E-state index < -0.39 is 0 Å². The monoisotopic (exact) mass is 223 g/mol. The van der Waals surface area contributed by atoms with Gasteiger partial charge in [-0.3, -0.25) is 0 Å². The number of hydrogen-bond donors (Lipinski definition) is 2. The Labute approximate surface area is 97.2 Å². The lowest BCUT2D eigenvalue weighted by Crippen LogP contribution is -2.12. The molecule has 0 aliphatic rings. The lowest BCUT2D eigenvalue weighted by atomic mass is 9.97. The van der Waals surface area contributed by atoms with E-state index in [1.165, 1.54) is 0 Å². The number of rotatable bonds is 5. The predicted molar refractivity (Wildman–Crippen MR) is 65.7 cm³/mol. The molecule has 0 fully saturated rings. The molecule has 0 amide bonds. The molecule has 0 radical (unpaired) electrons. The summed E-state index contributed by atoms with van der Waals surface area (Å²) in [6, 6.07) is 5.06. The molecule has 3 nitrogen and oxygen atoms in total. The van der Waals surface area contributed by atoms with Crippen molar-refractivity contribution in [3.8, 4) is 11.5 Å². The topological polar surface area (TPSA) is 55.5 Å². The van der Waals surface area contributed by atoms with Crippen LogP contribution in [0.3, 0.4) is 0 Å². The Morgan fingerprint density at radius 1 is 1.31 bits per heavy atom. The zero-order valence-electron chi connectivity index (χ0n) is 10.2. The number of methoxy groups -OCH3 is 1. The summed E-state index contributed by atoms with van der Waals surface area (Å²) in [5.74, 6) is 1.50. The van der Waals surface area contributed by atoms with Crippen molar-refractivity contribution in [2.24, 2.45) is 11.7 Å². The van der Waals surface area contributed by atoms with E-state index in [0.717, 1.165) is 12.8 Å². The van der Waals surface area contributed by atoms with Crippen molar-refractivity contribution in [3.63, 3.8) is 0 Å². The van der Waals surface area contributed by atoms with E-state index in [0.29, 0.717) is 17.2 Å². The minimum atomic E-state index is -0.168. The predicted octanol–water partition coefficient (Wildman–Crippen LogP) is 2.84. The number of hydrogen-bond acceptors (Lipinski definition) is 3. The van der Waals surface area contributed by atoms with Gasteiger partial charge in [-0.1, -0.05) is 19.9 Å². The average Bonchev–Trinajstić information content (AvgIpc) is 2.25. The molecule has 0 bridgehead atoms. The molecule has 1 aromatic rings. The van der Waals surface area contributed by atoms with Gasteiger partial charge in [-0.05, 0) is 30.9 Å². The van der Waals surface area contributed by atoms with Crippen LogP contribution in [0.2, 0.25) is 0 Å². The molecule has 0 spiro atoms. The molecule has 0 heterocycles. The molecule has 0 saturated carbocycles. The number of ether oxygens (including phenoxy) is 1. The molecule has 1 atom stereocenters. The lowest BCUT2D eigenvalue weighted by molar-refractivity contribution is 0.387. The van der Waals surface area contributed by atoms with Gasteiger partial charge < -0.3 is 15.6 Å². The van der Waals surface area contributed by atoms with Crippen LogP contribution in [0.4, 0.5) is 0 Å². The van der Waals surface area contributed by atoms with Gasteiger partial charge >= 0.3 is 0 Å². The van der Waals surface area contributed by atoms with Gasteiger partial charge in [-0.15, -0.1) is 0 Å². The molecular formula is C13H21NO2. The van der Waals surface area contributed by atoms with Gasteiger partial charge in [-0.2, -0.15) is 0 Å². The molecule has 1 rings (SSSR count). The minimum Gasteiger partial charge on any atom is -0.507 e. The maximum Gasteiger partial charge on any atom is 0.127 e. The van der Waals surface area contributed by atoms with Crippen molar-refractivity contribution in [2.45, 2.75) is 32.7 Å². The average molecular weight is 223 g/mol. The van der Waals surface area contributed by atoms with Crippen LogP contribution < -0.4 is 10.5 Å². The van der Waals surface area contributed by atoms with E-state index in [9.17, 15) is 5.11 Å². The summed E-state index contributed by atoms with van der Waals surface area (Å²) in [7, 11) is 1.59. The first kappa shape index (κ1) is 12.8. The van der Waals surface area contributed by atoms with Crippen LogP contribution in [-0.2, 0) is 0 Å². The third kappa shape index (κ3) is 3.14. The lowest BCUT2D eigenvalue weighted by Gasteiger charge is -2.17. The van der Waals surface area contributed by atoms with Crippen LogP contribution in [0.15, 0.2) is 18.2 Å². The van der Waals surface area contributed by atoms with Gasteiger partial charge in [0.15, 0.2) is 0 Å². The maximum atomic E-state index is 9.80. The Morgan fingerprint density at radius 2 is 2.00 bits per heavy atom. The van der Waals surface area contributed by atoms with Crippen LogP contribution in [0, 0.1) is 5.92 Å². The summed E-state index contributed by atoms with van der Waals surface area (Å²) >= 11 is 0. The first-order chi connectivity index (χ1) is 7.56. The molecule has 3 heteroatoms. The number of phenols is 1. The number of aromatic hydroxyl groups is 1. The van der Waals surface area contributed by atoms with E-state index in [1.54, 1.807) is 19.2 Å². The summed E-state index contributed by atoms with van der Waals surface area (Å²) in [6.45, 7) is 4.32. The molecule has 0 unspecified atom stereocenters. The molecular weight excluding hydrogens is 202 g/mol. The standard InChI is InChI=1S/C13H21NO2/c1-9(2)7-8-10(14)13-11(15)5-4-6-12(13)16-3/h4-6,9-10,15H,7-8,14H2,1-3H3/t10-/m0/s1. The summed E-state index contributed by atoms with van der Waals surface area (Å²) in [5.41, 5.74) is 6.79. The Morgan fingerprint density at radius 3 is 2.56 bits per heavy atom. The van der Waals surface area contributed by atoms with Crippen LogP contribution in [-0.4, -0.2) is 12.2 Å². The van der Waals surface area contributed by atoms with E-state index in [4.69, 9.17) is 10.5 Å². The zero-order valence-corrected chi connectivity index (χ0v) is 10.2. The molecule has 0 aliphatic carbocycles. The van der Waals surface area contributed by atoms with E-state index in [1.807, 2.05) is 6.07 Å². The maximum absolute atomic E-state index is 9.80. The summed E-state index contributed by atoms with van der Waals surface area (Å²) in [6.07, 6.45) is 1.89. The number of benzene rings is 1. The third-order valence-corrected chi connectivity index (χ3v) is 2.69. The zero-order chi connectivity index (χ0) is 12.1. The van der Waals surface area contributed by atoms with Crippen LogP contribution in [0.1, 0.15) is 38.3 Å². The second kappa shape index (κ2) is 5.75. The van der Waals surface area contributed by atoms with Crippen molar-refractivity contribution in [3.05, 3.63) is 23.8 Å². The van der Waals surface area contributed by atoms with Crippen LogP contribution in [0.25, 0.3) is 0 Å². The van der Waals surface area contributed by atoms with E-state index >= 15 is 0 Å². The summed E-state index contributed by atoms with van der Waals surface area (Å²) in [4.78, 5) is 0. The Hall–Kier alpha value is -1.22. The van der Waals surface area contributed by atoms with Gasteiger partial charge in [0.1, 0.15) is 11.5 Å². The van der Waals surface area contributed by atoms with Gasteiger partial charge in [0.2, 0.25) is 0 Å². The first-order valence-electron chi connectivity index (χ1n) is 5.67. The highest BCUT2D eigenvalue weighted by atomic mass is 16.5. The van der Waals surface area contributed by atoms with Gasteiger partial charge in [-0.25, -0.2) is 0 Å². The number of phenolic OH excluding ortho intramolecular Hbond substituents is 1. The van der Waals surface area contributed by atoms with Gasteiger partial charge in [0.25, 0.3) is 0 Å². The quantitative estimate of drug-likeness (QED) is 0.807. The molecule has 3 N–H and O–H groups in total.